The number of aryl methyl sites for hydroxylation is 1. The highest BCUT2D eigenvalue weighted by atomic mass is 35.5. The van der Waals surface area contributed by atoms with Crippen molar-refractivity contribution in [2.45, 2.75) is 39.9 Å². The predicted octanol–water partition coefficient (Wildman–Crippen LogP) is 5.80. The lowest BCUT2D eigenvalue weighted by atomic mass is 10.0. The molecule has 4 rings (SSSR count). The van der Waals surface area contributed by atoms with Crippen LogP contribution in [0.5, 0.6) is 5.75 Å². The minimum atomic E-state index is -0.689. The molecule has 0 spiro atoms. The Morgan fingerprint density at radius 2 is 1.90 bits per heavy atom. The third-order valence-electron chi connectivity index (χ3n) is 5.74. The van der Waals surface area contributed by atoms with Crippen molar-refractivity contribution in [1.29, 1.82) is 0 Å². The maximum Gasteiger partial charge on any atom is 0.437 e. The van der Waals surface area contributed by atoms with Gasteiger partial charge >= 0.3 is 6.09 Å². The molecule has 0 radical (unpaired) electrons. The van der Waals surface area contributed by atoms with Gasteiger partial charge in [0.05, 0.1) is 6.61 Å². The number of carbonyl (C=O) groups is 2. The number of hydrogen-bond acceptors (Lipinski definition) is 7. The van der Waals surface area contributed by atoms with Crippen molar-refractivity contribution in [1.82, 2.24) is 20.1 Å². The molecule has 0 aliphatic heterocycles. The number of aromatic nitrogens is 3. The molecule has 0 aliphatic rings. The summed E-state index contributed by atoms with van der Waals surface area (Å²) in [7, 11) is 1.58. The first kappa shape index (κ1) is 28.1. The second-order valence-corrected chi connectivity index (χ2v) is 10.3. The molecule has 2 heterocycles. The largest absolute Gasteiger partial charge is 0.487 e. The van der Waals surface area contributed by atoms with E-state index in [4.69, 9.17) is 25.8 Å². The molecule has 10 heteroatoms. The second kappa shape index (κ2) is 11.8. The Morgan fingerprint density at radius 3 is 2.64 bits per heavy atom. The van der Waals surface area contributed by atoms with Gasteiger partial charge < -0.3 is 19.5 Å². The zero-order chi connectivity index (χ0) is 28.2. The predicted molar refractivity (Wildman–Crippen MR) is 149 cm³/mol. The van der Waals surface area contributed by atoms with Gasteiger partial charge in [-0.25, -0.2) is 9.78 Å². The van der Waals surface area contributed by atoms with Crippen LogP contribution in [0.1, 0.15) is 42.4 Å². The van der Waals surface area contributed by atoms with E-state index in [0.717, 1.165) is 15.8 Å². The molecule has 1 N–H and O–H groups in total. The monoisotopic (exact) mass is 550 g/mol. The summed E-state index contributed by atoms with van der Waals surface area (Å²) in [6.07, 6.45) is 0.968. The zero-order valence-corrected chi connectivity index (χ0v) is 23.3. The van der Waals surface area contributed by atoms with E-state index in [9.17, 15) is 9.59 Å². The average Bonchev–Trinajstić information content (AvgIpc) is 3.27. The molecule has 9 nitrogen and oxygen atoms in total. The Bertz CT molecular complexity index is 1510. The summed E-state index contributed by atoms with van der Waals surface area (Å²) < 4.78 is 17.9. The van der Waals surface area contributed by atoms with Crippen molar-refractivity contribution >= 4 is 34.6 Å². The fourth-order valence-electron chi connectivity index (χ4n) is 3.89. The number of rotatable bonds is 8. The molecule has 1 amide bonds. The van der Waals surface area contributed by atoms with Crippen LogP contribution >= 0.6 is 11.6 Å². The lowest BCUT2D eigenvalue weighted by Crippen LogP contribution is -2.28. The number of nitrogens with one attached hydrogen (secondary N) is 1. The van der Waals surface area contributed by atoms with Gasteiger partial charge in [-0.2, -0.15) is 5.10 Å². The third-order valence-corrected chi connectivity index (χ3v) is 6.15. The number of hydrogen-bond donors (Lipinski definition) is 1. The fraction of sp³-hybridized carbons (Fsp3) is 0.310. The molecule has 0 fully saturated rings. The van der Waals surface area contributed by atoms with Crippen molar-refractivity contribution in [3.8, 4) is 16.9 Å². The molecule has 0 unspecified atom stereocenters. The first-order valence-electron chi connectivity index (χ1n) is 12.4. The Hall–Kier alpha value is -3.95. The maximum absolute atomic E-state index is 12.8. The van der Waals surface area contributed by atoms with Gasteiger partial charge in [0.15, 0.2) is 5.65 Å². The van der Waals surface area contributed by atoms with Gasteiger partial charge in [-0.1, -0.05) is 23.7 Å². The van der Waals surface area contributed by atoms with Crippen LogP contribution in [0.2, 0.25) is 5.02 Å². The smallest absolute Gasteiger partial charge is 0.437 e. The molecule has 204 valence electrons. The van der Waals surface area contributed by atoms with E-state index in [-0.39, 0.29) is 12.5 Å². The van der Waals surface area contributed by atoms with Gasteiger partial charge in [-0.05, 0) is 75.2 Å². The Morgan fingerprint density at radius 1 is 1.10 bits per heavy atom. The summed E-state index contributed by atoms with van der Waals surface area (Å²) in [4.78, 5) is 29.7. The number of ether oxygens (including phenoxy) is 3. The molecule has 0 saturated carbocycles. The van der Waals surface area contributed by atoms with Crippen LogP contribution in [0.25, 0.3) is 22.2 Å². The Labute approximate surface area is 232 Å². The van der Waals surface area contributed by atoms with Crippen LogP contribution in [0.3, 0.4) is 0 Å². The van der Waals surface area contributed by atoms with E-state index in [0.29, 0.717) is 51.8 Å². The van der Waals surface area contributed by atoms with E-state index >= 15 is 0 Å². The van der Waals surface area contributed by atoms with Crippen LogP contribution in [-0.4, -0.2) is 52.6 Å². The number of methoxy groups -OCH3 is 1. The van der Waals surface area contributed by atoms with Crippen LogP contribution in [0, 0.1) is 6.92 Å². The van der Waals surface area contributed by atoms with E-state index in [1.54, 1.807) is 58.3 Å². The molecule has 0 atom stereocenters. The quantitative estimate of drug-likeness (QED) is 0.276. The number of nitrogens with zero attached hydrogens (tertiary/aromatic N) is 3. The molecule has 2 aromatic carbocycles. The highest BCUT2D eigenvalue weighted by Crippen LogP contribution is 2.36. The van der Waals surface area contributed by atoms with Crippen LogP contribution in [0.4, 0.5) is 4.79 Å². The summed E-state index contributed by atoms with van der Waals surface area (Å²) in [6.45, 7) is 8.14. The van der Waals surface area contributed by atoms with Gasteiger partial charge in [-0.15, -0.1) is 4.68 Å². The number of pyridine rings is 1. The molecule has 2 aromatic heterocycles. The summed E-state index contributed by atoms with van der Waals surface area (Å²) in [5, 5.41) is 8.53. The summed E-state index contributed by atoms with van der Waals surface area (Å²) in [6, 6.07) is 14.5. The minimum Gasteiger partial charge on any atom is -0.487 e. The molecule has 39 heavy (non-hydrogen) atoms. The normalized spacial score (nSPS) is 11.4. The second-order valence-electron chi connectivity index (χ2n) is 9.93. The van der Waals surface area contributed by atoms with Gasteiger partial charge in [0, 0.05) is 41.4 Å². The molecular weight excluding hydrogens is 520 g/mol. The van der Waals surface area contributed by atoms with Crippen LogP contribution < -0.4 is 10.1 Å². The standard InChI is InChI=1S/C29H31ClN4O5/c1-18-14-25(22(16-23(18)30)19-8-6-9-20(15-19)27(35)32-12-13-37-5)38-17-24-21-10-7-11-31-26(21)34(33-24)28(36)39-29(2,3)4/h6-11,14-16H,12-13,17H2,1-5H3,(H,32,35). The van der Waals surface area contributed by atoms with Gasteiger partial charge in [-0.3, -0.25) is 4.79 Å². The summed E-state index contributed by atoms with van der Waals surface area (Å²) in [5.41, 5.74) is 3.02. The van der Waals surface area contributed by atoms with Crippen LogP contribution in [0.15, 0.2) is 54.7 Å². The highest BCUT2D eigenvalue weighted by molar-refractivity contribution is 6.31. The van der Waals surface area contributed by atoms with E-state index in [1.807, 2.05) is 31.2 Å². The van der Waals surface area contributed by atoms with Crippen molar-refractivity contribution in [3.05, 3.63) is 76.6 Å². The van der Waals surface area contributed by atoms with Gasteiger partial charge in [0.25, 0.3) is 5.91 Å². The first-order valence-corrected chi connectivity index (χ1v) is 12.8. The van der Waals surface area contributed by atoms with E-state index in [2.05, 4.69) is 15.4 Å². The summed E-state index contributed by atoms with van der Waals surface area (Å²) in [5.74, 6) is 0.346. The van der Waals surface area contributed by atoms with E-state index < -0.39 is 11.7 Å². The van der Waals surface area contributed by atoms with Crippen molar-refractivity contribution in [2.75, 3.05) is 20.3 Å². The Balaban J connectivity index is 1.65. The first-order chi connectivity index (χ1) is 18.6. The van der Waals surface area contributed by atoms with Crippen LogP contribution in [-0.2, 0) is 16.1 Å². The van der Waals surface area contributed by atoms with E-state index in [1.165, 1.54) is 0 Å². The summed E-state index contributed by atoms with van der Waals surface area (Å²) >= 11 is 6.48. The lowest BCUT2D eigenvalue weighted by Gasteiger charge is -2.18. The molecule has 4 aromatic rings. The van der Waals surface area contributed by atoms with Gasteiger partial charge in [0.1, 0.15) is 23.7 Å². The minimum absolute atomic E-state index is 0.0588. The number of amides is 1. The highest BCUT2D eigenvalue weighted by Gasteiger charge is 2.23. The fourth-order valence-corrected chi connectivity index (χ4v) is 4.06. The lowest BCUT2D eigenvalue weighted by molar-refractivity contribution is 0.0520. The van der Waals surface area contributed by atoms with Crippen molar-refractivity contribution in [2.24, 2.45) is 0 Å². The number of benzene rings is 2. The van der Waals surface area contributed by atoms with Crippen molar-refractivity contribution < 1.29 is 23.8 Å². The number of halogens is 1. The molecule has 0 bridgehead atoms. The average molecular weight is 551 g/mol. The number of fused-ring (bicyclic) bond motifs is 1. The molecule has 0 saturated heterocycles. The topological polar surface area (TPSA) is 105 Å². The SMILES string of the molecule is COCCNC(=O)c1cccc(-c2cc(Cl)c(C)cc2OCc2nn(C(=O)OC(C)(C)C)c3ncccc23)c1. The third kappa shape index (κ3) is 6.74. The molecule has 0 aliphatic carbocycles. The Kier molecular flexibility index (Phi) is 8.52. The molecular formula is C29H31ClN4O5. The zero-order valence-electron chi connectivity index (χ0n) is 22.6. The van der Waals surface area contributed by atoms with Crippen molar-refractivity contribution in [3.63, 3.8) is 0 Å². The number of carbonyl (C=O) groups excluding carboxylic acids is 2. The van der Waals surface area contributed by atoms with Gasteiger partial charge in [0.2, 0.25) is 0 Å². The maximum atomic E-state index is 12.8.